The van der Waals surface area contributed by atoms with Gasteiger partial charge in [-0.3, -0.25) is 9.48 Å². The second kappa shape index (κ2) is 7.43. The molecule has 0 fully saturated rings. The molecule has 8 heteroatoms. The number of aryl methyl sites for hydroxylation is 1. The number of hydrogen-bond donors (Lipinski definition) is 1. The van der Waals surface area contributed by atoms with Crippen molar-refractivity contribution < 1.29 is 9.18 Å². The molecule has 0 spiro atoms. The van der Waals surface area contributed by atoms with E-state index in [1.807, 2.05) is 13.2 Å². The van der Waals surface area contributed by atoms with Crippen LogP contribution in [0.2, 0.25) is 0 Å². The third kappa shape index (κ3) is 4.21. The highest BCUT2D eigenvalue weighted by molar-refractivity contribution is 7.98. The van der Waals surface area contributed by atoms with Gasteiger partial charge in [0.15, 0.2) is 5.16 Å². The summed E-state index contributed by atoms with van der Waals surface area (Å²) >= 11 is 1.37. The van der Waals surface area contributed by atoms with Crippen LogP contribution in [0, 0.1) is 12.7 Å². The quantitative estimate of drug-likeness (QED) is 0.561. The topological polar surface area (TPSA) is 72.7 Å². The molecule has 0 unspecified atom stereocenters. The van der Waals surface area contributed by atoms with E-state index in [0.717, 1.165) is 5.69 Å². The molecule has 1 amide bonds. The van der Waals surface area contributed by atoms with Crippen LogP contribution in [0.4, 0.5) is 10.1 Å². The SMILES string of the molecule is CSc1nc(C)cc(C(=O)Nc2cnn(Cc3ccccc3F)c2)n1. The number of carbonyl (C=O) groups excluding carboxylic acids is 1. The molecule has 0 aliphatic carbocycles. The minimum atomic E-state index is -0.341. The maximum atomic E-state index is 13.7. The fourth-order valence-electron chi connectivity index (χ4n) is 2.26. The first-order valence-corrected chi connectivity index (χ1v) is 8.74. The van der Waals surface area contributed by atoms with E-state index in [4.69, 9.17) is 0 Å². The molecule has 1 aromatic carbocycles. The average Bonchev–Trinajstić information content (AvgIpc) is 3.03. The number of amides is 1. The minimum Gasteiger partial charge on any atom is -0.318 e. The lowest BCUT2D eigenvalue weighted by molar-refractivity contribution is 0.102. The molecular formula is C17H16FN5OS. The zero-order valence-electron chi connectivity index (χ0n) is 13.7. The molecule has 0 saturated heterocycles. The summed E-state index contributed by atoms with van der Waals surface area (Å²) in [6.45, 7) is 2.09. The predicted molar refractivity (Wildman–Crippen MR) is 94.2 cm³/mol. The summed E-state index contributed by atoms with van der Waals surface area (Å²) < 4.78 is 15.3. The number of nitrogens with zero attached hydrogens (tertiary/aromatic N) is 4. The first-order valence-electron chi connectivity index (χ1n) is 7.52. The van der Waals surface area contributed by atoms with Crippen LogP contribution >= 0.6 is 11.8 Å². The Labute approximate surface area is 148 Å². The Kier molecular flexibility index (Phi) is 5.08. The summed E-state index contributed by atoms with van der Waals surface area (Å²) in [7, 11) is 0. The number of nitrogens with one attached hydrogen (secondary N) is 1. The van der Waals surface area contributed by atoms with Gasteiger partial charge in [-0.1, -0.05) is 30.0 Å². The van der Waals surface area contributed by atoms with E-state index in [0.29, 0.717) is 22.1 Å². The molecule has 2 aromatic heterocycles. The van der Waals surface area contributed by atoms with E-state index in [9.17, 15) is 9.18 Å². The van der Waals surface area contributed by atoms with Crippen molar-refractivity contribution in [3.8, 4) is 0 Å². The number of thioether (sulfide) groups is 1. The number of hydrogen-bond acceptors (Lipinski definition) is 5. The van der Waals surface area contributed by atoms with Gasteiger partial charge in [-0.25, -0.2) is 14.4 Å². The van der Waals surface area contributed by atoms with Gasteiger partial charge in [-0.15, -0.1) is 0 Å². The summed E-state index contributed by atoms with van der Waals surface area (Å²) in [5, 5.41) is 7.43. The van der Waals surface area contributed by atoms with Gasteiger partial charge in [0.05, 0.1) is 18.4 Å². The highest BCUT2D eigenvalue weighted by Crippen LogP contribution is 2.14. The van der Waals surface area contributed by atoms with E-state index in [-0.39, 0.29) is 18.3 Å². The third-order valence-electron chi connectivity index (χ3n) is 3.43. The number of benzene rings is 1. The van der Waals surface area contributed by atoms with Crippen molar-refractivity contribution in [2.45, 2.75) is 18.6 Å². The van der Waals surface area contributed by atoms with Gasteiger partial charge in [0.1, 0.15) is 11.5 Å². The second-order valence-corrected chi connectivity index (χ2v) is 6.13. The van der Waals surface area contributed by atoms with Crippen LogP contribution in [0.1, 0.15) is 21.7 Å². The van der Waals surface area contributed by atoms with Gasteiger partial charge in [0.2, 0.25) is 0 Å². The molecule has 0 aliphatic rings. The molecule has 0 aliphatic heterocycles. The lowest BCUT2D eigenvalue weighted by Crippen LogP contribution is -2.14. The zero-order chi connectivity index (χ0) is 17.8. The monoisotopic (exact) mass is 357 g/mol. The molecule has 0 atom stereocenters. The summed E-state index contributed by atoms with van der Waals surface area (Å²) in [4.78, 5) is 20.8. The van der Waals surface area contributed by atoms with Crippen LogP contribution < -0.4 is 5.32 Å². The summed E-state index contributed by atoms with van der Waals surface area (Å²) in [5.74, 6) is -0.629. The largest absolute Gasteiger partial charge is 0.318 e. The fourth-order valence-corrected chi connectivity index (χ4v) is 2.68. The van der Waals surface area contributed by atoms with Crippen molar-refractivity contribution in [2.75, 3.05) is 11.6 Å². The molecule has 128 valence electrons. The number of anilines is 1. The van der Waals surface area contributed by atoms with Crippen LogP contribution in [0.5, 0.6) is 0 Å². The number of halogens is 1. The summed E-state index contributed by atoms with van der Waals surface area (Å²) in [6, 6.07) is 8.13. The van der Waals surface area contributed by atoms with Crippen molar-refractivity contribution in [3.63, 3.8) is 0 Å². The minimum absolute atomic E-state index is 0.284. The van der Waals surface area contributed by atoms with E-state index in [2.05, 4.69) is 20.4 Å². The number of carbonyl (C=O) groups is 1. The second-order valence-electron chi connectivity index (χ2n) is 5.35. The van der Waals surface area contributed by atoms with Gasteiger partial charge < -0.3 is 5.32 Å². The Hall–Kier alpha value is -2.74. The van der Waals surface area contributed by atoms with E-state index < -0.39 is 0 Å². The van der Waals surface area contributed by atoms with Crippen molar-refractivity contribution in [1.82, 2.24) is 19.7 Å². The highest BCUT2D eigenvalue weighted by atomic mass is 32.2. The maximum Gasteiger partial charge on any atom is 0.274 e. The first kappa shape index (κ1) is 17.1. The Bertz CT molecular complexity index is 912. The first-order chi connectivity index (χ1) is 12.0. The van der Waals surface area contributed by atoms with Crippen LogP contribution in [0.3, 0.4) is 0 Å². The van der Waals surface area contributed by atoms with Crippen molar-refractivity contribution in [2.24, 2.45) is 0 Å². The number of aromatic nitrogens is 4. The molecule has 6 nitrogen and oxygen atoms in total. The fraction of sp³-hybridized carbons (Fsp3) is 0.176. The van der Waals surface area contributed by atoms with Crippen LogP contribution in [-0.2, 0) is 6.54 Å². The van der Waals surface area contributed by atoms with E-state index in [1.165, 1.54) is 24.0 Å². The molecule has 0 bridgehead atoms. The molecule has 25 heavy (non-hydrogen) atoms. The van der Waals surface area contributed by atoms with Crippen molar-refractivity contribution >= 4 is 23.4 Å². The Balaban J connectivity index is 1.72. The standard InChI is InChI=1S/C17H16FN5OS/c1-11-7-15(22-17(20-11)25-2)16(24)21-13-8-19-23(10-13)9-12-5-3-4-6-14(12)18/h3-8,10H,9H2,1-2H3,(H,21,24). The average molecular weight is 357 g/mol. The third-order valence-corrected chi connectivity index (χ3v) is 3.98. The summed E-state index contributed by atoms with van der Waals surface area (Å²) in [5.41, 5.74) is 2.06. The Morgan fingerprint density at radius 3 is 2.88 bits per heavy atom. The molecule has 3 rings (SSSR count). The smallest absolute Gasteiger partial charge is 0.274 e. The Morgan fingerprint density at radius 1 is 1.32 bits per heavy atom. The van der Waals surface area contributed by atoms with E-state index in [1.54, 1.807) is 35.1 Å². The highest BCUT2D eigenvalue weighted by Gasteiger charge is 2.12. The predicted octanol–water partition coefficient (Wildman–Crippen LogP) is 3.14. The van der Waals surface area contributed by atoms with Crippen molar-refractivity contribution in [1.29, 1.82) is 0 Å². The molecular weight excluding hydrogens is 341 g/mol. The van der Waals surface area contributed by atoms with Crippen LogP contribution in [-0.4, -0.2) is 31.9 Å². The normalized spacial score (nSPS) is 10.7. The molecule has 3 aromatic rings. The Morgan fingerprint density at radius 2 is 2.12 bits per heavy atom. The maximum absolute atomic E-state index is 13.7. The van der Waals surface area contributed by atoms with Gasteiger partial charge in [0.25, 0.3) is 5.91 Å². The van der Waals surface area contributed by atoms with Gasteiger partial charge >= 0.3 is 0 Å². The van der Waals surface area contributed by atoms with E-state index >= 15 is 0 Å². The molecule has 1 N–H and O–H groups in total. The van der Waals surface area contributed by atoms with Crippen LogP contribution in [0.25, 0.3) is 0 Å². The molecule has 2 heterocycles. The van der Waals surface area contributed by atoms with Gasteiger partial charge in [0, 0.05) is 17.5 Å². The van der Waals surface area contributed by atoms with Gasteiger partial charge in [-0.05, 0) is 25.3 Å². The lowest BCUT2D eigenvalue weighted by atomic mass is 10.2. The number of rotatable bonds is 5. The summed E-state index contributed by atoms with van der Waals surface area (Å²) in [6.07, 6.45) is 5.01. The lowest BCUT2D eigenvalue weighted by Gasteiger charge is -2.05. The molecule has 0 saturated carbocycles. The van der Waals surface area contributed by atoms with Gasteiger partial charge in [-0.2, -0.15) is 5.10 Å². The van der Waals surface area contributed by atoms with Crippen molar-refractivity contribution in [3.05, 3.63) is 65.5 Å². The van der Waals surface area contributed by atoms with Crippen LogP contribution in [0.15, 0.2) is 47.9 Å². The molecule has 0 radical (unpaired) electrons. The zero-order valence-corrected chi connectivity index (χ0v) is 14.5.